The fourth-order valence-electron chi connectivity index (χ4n) is 2.12. The normalized spacial score (nSPS) is 20.1. The van der Waals surface area contributed by atoms with E-state index in [1.165, 1.54) is 6.07 Å². The van der Waals surface area contributed by atoms with E-state index in [9.17, 15) is 9.18 Å². The van der Waals surface area contributed by atoms with Gasteiger partial charge in [-0.1, -0.05) is 22.0 Å². The molecule has 3 nitrogen and oxygen atoms in total. The molecule has 0 aromatic heterocycles. The van der Waals surface area contributed by atoms with Crippen molar-refractivity contribution in [1.82, 2.24) is 0 Å². The summed E-state index contributed by atoms with van der Waals surface area (Å²) in [5.41, 5.74) is 6.57. The van der Waals surface area contributed by atoms with Gasteiger partial charge in [-0.3, -0.25) is 4.79 Å². The molecule has 5 heteroatoms. The number of amides is 1. The molecule has 2 rings (SSSR count). The lowest BCUT2D eigenvalue weighted by Crippen LogP contribution is -2.26. The highest BCUT2D eigenvalue weighted by Gasteiger charge is 2.31. The Balaban J connectivity index is 2.34. The predicted molar refractivity (Wildman–Crippen MR) is 68.5 cm³/mol. The van der Waals surface area contributed by atoms with Crippen molar-refractivity contribution in [2.45, 2.75) is 13.0 Å². The molecule has 1 saturated heterocycles. The highest BCUT2D eigenvalue weighted by molar-refractivity contribution is 9.09. The average molecular weight is 301 g/mol. The first-order valence-corrected chi connectivity index (χ1v) is 6.63. The molecule has 0 saturated carbocycles. The van der Waals surface area contributed by atoms with Gasteiger partial charge in [0.25, 0.3) is 0 Å². The molecule has 1 aromatic carbocycles. The molecule has 1 aliphatic rings. The average Bonchev–Trinajstić information content (AvgIpc) is 2.70. The summed E-state index contributed by atoms with van der Waals surface area (Å²) in [7, 11) is 0. The van der Waals surface area contributed by atoms with Gasteiger partial charge >= 0.3 is 0 Å². The van der Waals surface area contributed by atoms with Crippen molar-refractivity contribution < 1.29 is 9.18 Å². The van der Waals surface area contributed by atoms with Gasteiger partial charge in [-0.25, -0.2) is 4.39 Å². The third-order valence-electron chi connectivity index (χ3n) is 3.01. The third kappa shape index (κ3) is 2.35. The molecular weight excluding hydrogens is 287 g/mol. The number of carbonyl (C=O) groups is 1. The minimum atomic E-state index is -0.347. The van der Waals surface area contributed by atoms with Gasteiger partial charge in [0.15, 0.2) is 0 Å². The molecular formula is C12H14BrFN2O. The van der Waals surface area contributed by atoms with Gasteiger partial charge in [0.1, 0.15) is 5.82 Å². The second kappa shape index (κ2) is 5.14. The fraction of sp³-hybridized carbons (Fsp3) is 0.417. The molecule has 0 radical (unpaired) electrons. The monoisotopic (exact) mass is 300 g/mol. The van der Waals surface area contributed by atoms with Crippen LogP contribution < -0.4 is 10.6 Å². The van der Waals surface area contributed by atoms with Crippen LogP contribution in [0.5, 0.6) is 0 Å². The Morgan fingerprint density at radius 2 is 2.29 bits per heavy atom. The molecule has 1 amide bonds. The molecule has 17 heavy (non-hydrogen) atoms. The Kier molecular flexibility index (Phi) is 3.79. The molecule has 1 unspecified atom stereocenters. The van der Waals surface area contributed by atoms with Gasteiger partial charge in [-0.2, -0.15) is 0 Å². The molecule has 0 aliphatic carbocycles. The van der Waals surface area contributed by atoms with Gasteiger partial charge in [-0.05, 0) is 18.1 Å². The number of nitrogens with two attached hydrogens (primary N) is 1. The summed E-state index contributed by atoms with van der Waals surface area (Å²) in [6.07, 6.45) is 0.506. The van der Waals surface area contributed by atoms with E-state index in [0.29, 0.717) is 24.2 Å². The molecule has 0 bridgehead atoms. The Labute approximate surface area is 108 Å². The van der Waals surface area contributed by atoms with Crippen molar-refractivity contribution in [3.05, 3.63) is 29.6 Å². The van der Waals surface area contributed by atoms with Gasteiger partial charge < -0.3 is 10.6 Å². The van der Waals surface area contributed by atoms with E-state index < -0.39 is 0 Å². The summed E-state index contributed by atoms with van der Waals surface area (Å²) in [5.74, 6) is -0.0220. The van der Waals surface area contributed by atoms with Crippen LogP contribution in [0.4, 0.5) is 10.1 Å². The molecule has 1 fully saturated rings. The van der Waals surface area contributed by atoms with Crippen molar-refractivity contribution >= 4 is 27.5 Å². The minimum Gasteiger partial charge on any atom is -0.326 e. The Hall–Kier alpha value is -0.940. The van der Waals surface area contributed by atoms with Crippen LogP contribution >= 0.6 is 15.9 Å². The first kappa shape index (κ1) is 12.5. The lowest BCUT2D eigenvalue weighted by molar-refractivity contribution is -0.117. The maximum atomic E-state index is 13.6. The van der Waals surface area contributed by atoms with E-state index in [4.69, 9.17) is 5.73 Å². The molecule has 1 heterocycles. The quantitative estimate of drug-likeness (QED) is 0.868. The molecule has 92 valence electrons. The lowest BCUT2D eigenvalue weighted by atomic mass is 10.1. The van der Waals surface area contributed by atoms with E-state index in [0.717, 1.165) is 5.33 Å². The fourth-order valence-corrected chi connectivity index (χ4v) is 2.55. The van der Waals surface area contributed by atoms with E-state index in [1.807, 2.05) is 0 Å². The number of nitrogens with zero attached hydrogens (tertiary/aromatic N) is 1. The summed E-state index contributed by atoms with van der Waals surface area (Å²) in [6.45, 7) is 0.727. The maximum Gasteiger partial charge on any atom is 0.227 e. The summed E-state index contributed by atoms with van der Waals surface area (Å²) in [4.78, 5) is 13.5. The first-order valence-electron chi connectivity index (χ1n) is 5.51. The van der Waals surface area contributed by atoms with Crippen LogP contribution in [0.25, 0.3) is 0 Å². The van der Waals surface area contributed by atoms with Crippen LogP contribution in [0.15, 0.2) is 18.2 Å². The Bertz CT molecular complexity index is 439. The second-order valence-electron chi connectivity index (χ2n) is 4.17. The van der Waals surface area contributed by atoms with Crippen molar-refractivity contribution in [3.8, 4) is 0 Å². The lowest BCUT2D eigenvalue weighted by Gasteiger charge is -2.20. The largest absolute Gasteiger partial charge is 0.326 e. The highest BCUT2D eigenvalue weighted by atomic mass is 79.9. The number of anilines is 1. The molecule has 2 N–H and O–H groups in total. The van der Waals surface area contributed by atoms with Gasteiger partial charge in [-0.15, -0.1) is 0 Å². The second-order valence-corrected chi connectivity index (χ2v) is 4.82. The van der Waals surface area contributed by atoms with Gasteiger partial charge in [0.05, 0.1) is 5.69 Å². The molecule has 1 atom stereocenters. The zero-order chi connectivity index (χ0) is 12.4. The number of hydrogen-bond donors (Lipinski definition) is 1. The molecule has 1 aliphatic heterocycles. The van der Waals surface area contributed by atoms with Crippen LogP contribution in [-0.2, 0) is 11.3 Å². The SMILES string of the molecule is NCc1c(F)cccc1N1CC(CBr)CC1=O. The topological polar surface area (TPSA) is 46.3 Å². The van der Waals surface area contributed by atoms with E-state index >= 15 is 0 Å². The van der Waals surface area contributed by atoms with Crippen LogP contribution in [-0.4, -0.2) is 17.8 Å². The number of hydrogen-bond acceptors (Lipinski definition) is 2. The minimum absolute atomic E-state index is 0.0368. The summed E-state index contributed by atoms with van der Waals surface area (Å²) >= 11 is 3.38. The summed E-state index contributed by atoms with van der Waals surface area (Å²) < 4.78 is 13.6. The summed E-state index contributed by atoms with van der Waals surface area (Å²) in [5, 5.41) is 0.780. The third-order valence-corrected chi connectivity index (χ3v) is 3.93. The molecule has 1 aromatic rings. The van der Waals surface area contributed by atoms with Gasteiger partial charge in [0.2, 0.25) is 5.91 Å². The number of alkyl halides is 1. The number of benzene rings is 1. The highest BCUT2D eigenvalue weighted by Crippen LogP contribution is 2.29. The smallest absolute Gasteiger partial charge is 0.227 e. The van der Waals surface area contributed by atoms with Gasteiger partial charge in [0, 0.05) is 30.4 Å². The Morgan fingerprint density at radius 1 is 1.53 bits per heavy atom. The molecule has 0 spiro atoms. The zero-order valence-corrected chi connectivity index (χ0v) is 10.9. The van der Waals surface area contributed by atoms with Crippen LogP contribution in [0.1, 0.15) is 12.0 Å². The first-order chi connectivity index (χ1) is 8.17. The van der Waals surface area contributed by atoms with Crippen LogP contribution in [0.2, 0.25) is 0 Å². The predicted octanol–water partition coefficient (Wildman–Crippen LogP) is 2.03. The van der Waals surface area contributed by atoms with Crippen molar-refractivity contribution in [1.29, 1.82) is 0 Å². The zero-order valence-electron chi connectivity index (χ0n) is 9.33. The number of rotatable bonds is 3. The standard InChI is InChI=1S/C12H14BrFN2O/c13-5-8-4-12(17)16(7-8)11-3-1-2-10(14)9(11)6-15/h1-3,8H,4-7,15H2. The summed E-state index contributed by atoms with van der Waals surface area (Å²) in [6, 6.07) is 4.73. The van der Waals surface area contributed by atoms with Crippen LogP contribution in [0, 0.1) is 11.7 Å². The van der Waals surface area contributed by atoms with E-state index in [1.54, 1.807) is 17.0 Å². The maximum absolute atomic E-state index is 13.6. The van der Waals surface area contributed by atoms with Crippen LogP contribution in [0.3, 0.4) is 0 Å². The van der Waals surface area contributed by atoms with E-state index in [-0.39, 0.29) is 24.2 Å². The Morgan fingerprint density at radius 3 is 2.88 bits per heavy atom. The van der Waals surface area contributed by atoms with Crippen molar-refractivity contribution in [2.75, 3.05) is 16.8 Å². The van der Waals surface area contributed by atoms with Crippen molar-refractivity contribution in [3.63, 3.8) is 0 Å². The van der Waals surface area contributed by atoms with E-state index in [2.05, 4.69) is 15.9 Å². The number of carbonyl (C=O) groups excluding carboxylic acids is 1. The van der Waals surface area contributed by atoms with Crippen molar-refractivity contribution in [2.24, 2.45) is 11.7 Å². The number of halogens is 2.